The molecule has 0 saturated carbocycles. The van der Waals surface area contributed by atoms with E-state index in [1.807, 2.05) is 0 Å². The molecule has 1 aliphatic rings. The quantitative estimate of drug-likeness (QED) is 0.402. The molecule has 0 aliphatic carbocycles. The number of pyridine rings is 1. The van der Waals surface area contributed by atoms with Crippen LogP contribution in [0.15, 0.2) is 18.3 Å². The lowest BCUT2D eigenvalue weighted by atomic mass is 10.1. The van der Waals surface area contributed by atoms with Crippen molar-refractivity contribution in [2.24, 2.45) is 0 Å². The molecule has 2 amide bonds. The first kappa shape index (κ1) is 18.3. The molecule has 0 spiro atoms. The Kier molecular flexibility index (Phi) is 6.65. The van der Waals surface area contributed by atoms with Gasteiger partial charge in [-0.25, -0.2) is 5.48 Å². The summed E-state index contributed by atoms with van der Waals surface area (Å²) in [6.45, 7) is 4.57. The fourth-order valence-corrected chi connectivity index (χ4v) is 2.68. The molecule has 0 aromatic carbocycles. The largest absolute Gasteiger partial charge is 0.391 e. The first-order chi connectivity index (χ1) is 11.5. The minimum absolute atomic E-state index is 0.288. The van der Waals surface area contributed by atoms with Crippen molar-refractivity contribution in [3.05, 3.63) is 29.6 Å². The van der Waals surface area contributed by atoms with Gasteiger partial charge in [0.05, 0.1) is 11.7 Å². The van der Waals surface area contributed by atoms with E-state index in [1.54, 1.807) is 12.1 Å². The van der Waals surface area contributed by atoms with Crippen LogP contribution in [0.3, 0.4) is 0 Å². The van der Waals surface area contributed by atoms with Crippen LogP contribution in [0, 0.1) is 0 Å². The molecule has 1 aromatic heterocycles. The number of hydrogen-bond acceptors (Lipinski definition) is 6. The van der Waals surface area contributed by atoms with Crippen molar-refractivity contribution < 1.29 is 19.9 Å². The van der Waals surface area contributed by atoms with Gasteiger partial charge in [-0.05, 0) is 45.0 Å². The summed E-state index contributed by atoms with van der Waals surface area (Å²) in [6, 6.07) is 2.18. The lowest BCUT2D eigenvalue weighted by Crippen LogP contribution is -2.51. The van der Waals surface area contributed by atoms with Gasteiger partial charge in [0.2, 0.25) is 0 Å². The molecule has 0 radical (unpaired) electrons. The van der Waals surface area contributed by atoms with E-state index >= 15 is 0 Å². The third kappa shape index (κ3) is 4.98. The van der Waals surface area contributed by atoms with Gasteiger partial charge >= 0.3 is 0 Å². The van der Waals surface area contributed by atoms with Crippen LogP contribution >= 0.6 is 0 Å². The number of nitrogens with one attached hydrogen (secondary N) is 2. The molecule has 8 nitrogen and oxygen atoms in total. The second-order valence-corrected chi connectivity index (χ2v) is 6.00. The SMILES string of the molecule is C[C@@H](O)[C@H](NC(=O)c1ccc(CCN2CCCC2)nc1)C(=O)NO. The highest BCUT2D eigenvalue weighted by molar-refractivity contribution is 5.97. The average molecular weight is 336 g/mol. The molecule has 1 aliphatic heterocycles. The highest BCUT2D eigenvalue weighted by atomic mass is 16.5. The predicted molar refractivity (Wildman–Crippen MR) is 86.5 cm³/mol. The van der Waals surface area contributed by atoms with Crippen LogP contribution in [0.4, 0.5) is 0 Å². The second kappa shape index (κ2) is 8.72. The summed E-state index contributed by atoms with van der Waals surface area (Å²) in [5.41, 5.74) is 2.61. The smallest absolute Gasteiger partial charge is 0.268 e. The summed E-state index contributed by atoms with van der Waals surface area (Å²) >= 11 is 0. The Morgan fingerprint density at radius 2 is 2.04 bits per heavy atom. The maximum absolute atomic E-state index is 12.1. The lowest BCUT2D eigenvalue weighted by molar-refractivity contribution is -0.133. The van der Waals surface area contributed by atoms with E-state index in [4.69, 9.17) is 5.21 Å². The van der Waals surface area contributed by atoms with Crippen LogP contribution in [0.5, 0.6) is 0 Å². The Bertz CT molecular complexity index is 556. The van der Waals surface area contributed by atoms with Crippen molar-refractivity contribution in [1.82, 2.24) is 20.7 Å². The minimum Gasteiger partial charge on any atom is -0.391 e. The first-order valence-electron chi connectivity index (χ1n) is 8.11. The van der Waals surface area contributed by atoms with Gasteiger partial charge in [-0.3, -0.25) is 19.8 Å². The number of carbonyl (C=O) groups is 2. The molecule has 2 heterocycles. The van der Waals surface area contributed by atoms with Crippen LogP contribution in [0.25, 0.3) is 0 Å². The summed E-state index contributed by atoms with van der Waals surface area (Å²) in [5, 5.41) is 20.5. The fourth-order valence-electron chi connectivity index (χ4n) is 2.68. The van der Waals surface area contributed by atoms with E-state index in [9.17, 15) is 14.7 Å². The molecule has 1 fully saturated rings. The minimum atomic E-state index is -1.24. The van der Waals surface area contributed by atoms with E-state index in [1.165, 1.54) is 31.4 Å². The number of carbonyl (C=O) groups excluding carboxylic acids is 2. The van der Waals surface area contributed by atoms with E-state index in [0.717, 1.165) is 31.7 Å². The molecular formula is C16H24N4O4. The fraction of sp³-hybridized carbons (Fsp3) is 0.562. The van der Waals surface area contributed by atoms with Gasteiger partial charge in [0.1, 0.15) is 6.04 Å². The second-order valence-electron chi connectivity index (χ2n) is 6.00. The number of aromatic nitrogens is 1. The number of hydroxylamine groups is 1. The van der Waals surface area contributed by atoms with E-state index < -0.39 is 24.0 Å². The third-order valence-corrected chi connectivity index (χ3v) is 4.13. The maximum Gasteiger partial charge on any atom is 0.268 e. The summed E-state index contributed by atoms with van der Waals surface area (Å²) in [6.07, 6.45) is 3.63. The van der Waals surface area contributed by atoms with Crippen molar-refractivity contribution >= 4 is 11.8 Å². The molecule has 24 heavy (non-hydrogen) atoms. The number of nitrogens with zero attached hydrogens (tertiary/aromatic N) is 2. The van der Waals surface area contributed by atoms with Crippen LogP contribution < -0.4 is 10.8 Å². The molecule has 132 valence electrons. The van der Waals surface area contributed by atoms with Gasteiger partial charge < -0.3 is 15.3 Å². The zero-order chi connectivity index (χ0) is 17.5. The molecule has 1 saturated heterocycles. The van der Waals surface area contributed by atoms with Gasteiger partial charge in [0.15, 0.2) is 0 Å². The van der Waals surface area contributed by atoms with Crippen LogP contribution in [-0.4, -0.2) is 63.8 Å². The first-order valence-corrected chi connectivity index (χ1v) is 8.11. The van der Waals surface area contributed by atoms with Gasteiger partial charge in [-0.1, -0.05) is 0 Å². The van der Waals surface area contributed by atoms with Crippen LogP contribution in [-0.2, 0) is 11.2 Å². The van der Waals surface area contributed by atoms with E-state index in [0.29, 0.717) is 0 Å². The Balaban J connectivity index is 1.91. The molecule has 4 N–H and O–H groups in total. The molecule has 1 aromatic rings. The van der Waals surface area contributed by atoms with E-state index in [-0.39, 0.29) is 5.56 Å². The highest BCUT2D eigenvalue weighted by Crippen LogP contribution is 2.09. The van der Waals surface area contributed by atoms with Crippen molar-refractivity contribution in [3.63, 3.8) is 0 Å². The lowest BCUT2D eigenvalue weighted by Gasteiger charge is -2.19. The molecule has 2 atom stereocenters. The number of amides is 2. The van der Waals surface area contributed by atoms with Crippen molar-refractivity contribution in [2.75, 3.05) is 19.6 Å². The van der Waals surface area contributed by atoms with Crippen LogP contribution in [0.2, 0.25) is 0 Å². The summed E-state index contributed by atoms with van der Waals surface area (Å²) in [7, 11) is 0. The Labute approximate surface area is 140 Å². The maximum atomic E-state index is 12.1. The van der Waals surface area contributed by atoms with Crippen molar-refractivity contribution in [3.8, 4) is 0 Å². The van der Waals surface area contributed by atoms with Crippen molar-refractivity contribution in [2.45, 2.75) is 38.3 Å². The summed E-state index contributed by atoms with van der Waals surface area (Å²) in [5.74, 6) is -1.42. The topological polar surface area (TPSA) is 115 Å². The zero-order valence-electron chi connectivity index (χ0n) is 13.7. The Hall–Kier alpha value is -2.03. The van der Waals surface area contributed by atoms with E-state index in [2.05, 4.69) is 15.2 Å². The normalized spacial score (nSPS) is 17.3. The molecule has 0 unspecified atom stereocenters. The molecule has 8 heteroatoms. The number of hydrogen-bond donors (Lipinski definition) is 4. The predicted octanol–water partition coefficient (Wildman–Crippen LogP) is -0.295. The van der Waals surface area contributed by atoms with Crippen molar-refractivity contribution in [1.29, 1.82) is 0 Å². The number of aliphatic hydroxyl groups is 1. The monoisotopic (exact) mass is 336 g/mol. The van der Waals surface area contributed by atoms with Gasteiger partial charge in [0.25, 0.3) is 11.8 Å². The average Bonchev–Trinajstić information content (AvgIpc) is 3.10. The molecule has 2 rings (SSSR count). The Morgan fingerprint density at radius 1 is 1.33 bits per heavy atom. The summed E-state index contributed by atoms with van der Waals surface area (Å²) < 4.78 is 0. The van der Waals surface area contributed by atoms with Gasteiger partial charge in [-0.2, -0.15) is 0 Å². The van der Waals surface area contributed by atoms with Gasteiger partial charge in [0, 0.05) is 24.9 Å². The zero-order valence-corrected chi connectivity index (χ0v) is 13.7. The van der Waals surface area contributed by atoms with Crippen LogP contribution in [0.1, 0.15) is 35.8 Å². The highest BCUT2D eigenvalue weighted by Gasteiger charge is 2.25. The molecular weight excluding hydrogens is 312 g/mol. The number of rotatable bonds is 7. The standard InChI is InChI=1S/C16H24N4O4/c1-11(21)14(16(23)19-24)18-15(22)12-4-5-13(17-10-12)6-9-20-7-2-3-8-20/h4-5,10-11,14,21,24H,2-3,6-9H2,1H3,(H,18,22)(H,19,23)/t11-,14+/m1/s1. The number of aliphatic hydroxyl groups excluding tert-OH is 1. The number of likely N-dealkylation sites (tertiary alicyclic amines) is 1. The Morgan fingerprint density at radius 3 is 2.58 bits per heavy atom. The summed E-state index contributed by atoms with van der Waals surface area (Å²) in [4.78, 5) is 30.2. The molecule has 0 bridgehead atoms. The van der Waals surface area contributed by atoms with Gasteiger partial charge in [-0.15, -0.1) is 0 Å². The third-order valence-electron chi connectivity index (χ3n) is 4.13.